The van der Waals surface area contributed by atoms with Crippen molar-refractivity contribution in [3.63, 3.8) is 0 Å². The molecule has 0 aliphatic rings. The Morgan fingerprint density at radius 3 is 2.61 bits per heavy atom. The summed E-state index contributed by atoms with van der Waals surface area (Å²) in [5.74, 6) is -0.530. The van der Waals surface area contributed by atoms with Crippen LogP contribution in [0.3, 0.4) is 0 Å². The van der Waals surface area contributed by atoms with Crippen molar-refractivity contribution in [2.45, 2.75) is 40.5 Å². The van der Waals surface area contributed by atoms with Gasteiger partial charge in [0.15, 0.2) is 0 Å². The first kappa shape index (κ1) is 14.4. The van der Waals surface area contributed by atoms with Crippen LogP contribution in [0.15, 0.2) is 0 Å². The van der Waals surface area contributed by atoms with Crippen LogP contribution in [0.1, 0.15) is 48.3 Å². The molecule has 0 bridgehead atoms. The van der Waals surface area contributed by atoms with Gasteiger partial charge < -0.3 is 9.84 Å². The van der Waals surface area contributed by atoms with E-state index < -0.39 is 5.97 Å². The minimum Gasteiger partial charge on any atom is -0.477 e. The van der Waals surface area contributed by atoms with Gasteiger partial charge in [-0.1, -0.05) is 20.3 Å². The molecular formula is C13H20N2O3. The Hall–Kier alpha value is -1.65. The second kappa shape index (κ2) is 6.33. The van der Waals surface area contributed by atoms with Gasteiger partial charge in [0.05, 0.1) is 12.3 Å². The third-order valence-corrected chi connectivity index (χ3v) is 2.92. The molecule has 0 spiro atoms. The van der Waals surface area contributed by atoms with Gasteiger partial charge in [-0.05, 0) is 31.7 Å². The van der Waals surface area contributed by atoms with Gasteiger partial charge in [-0.2, -0.15) is 5.10 Å². The van der Waals surface area contributed by atoms with E-state index in [2.05, 4.69) is 24.0 Å². The van der Waals surface area contributed by atoms with Crippen LogP contribution in [0.5, 0.6) is 5.88 Å². The Bertz CT molecular complexity index is 432. The maximum Gasteiger partial charge on any atom is 0.341 e. The van der Waals surface area contributed by atoms with Crippen molar-refractivity contribution in [2.75, 3.05) is 6.61 Å². The summed E-state index contributed by atoms with van der Waals surface area (Å²) in [7, 11) is 0. The molecule has 0 saturated carbocycles. The van der Waals surface area contributed by atoms with Crippen LogP contribution in [0.25, 0.3) is 0 Å². The van der Waals surface area contributed by atoms with Crippen LogP contribution >= 0.6 is 0 Å². The Kier molecular flexibility index (Phi) is 5.07. The summed E-state index contributed by atoms with van der Waals surface area (Å²) in [5.41, 5.74) is 1.34. The summed E-state index contributed by atoms with van der Waals surface area (Å²) < 4.78 is 5.49. The van der Waals surface area contributed by atoms with Gasteiger partial charge in [0.25, 0.3) is 0 Å². The zero-order valence-electron chi connectivity index (χ0n) is 11.4. The fraction of sp³-hybridized carbons (Fsp3) is 0.615. The Balaban J connectivity index is 2.89. The maximum absolute atomic E-state index is 11.2. The average molecular weight is 252 g/mol. The van der Waals surface area contributed by atoms with E-state index >= 15 is 0 Å². The predicted octanol–water partition coefficient (Wildman–Crippen LogP) is 2.61. The smallest absolute Gasteiger partial charge is 0.341 e. The van der Waals surface area contributed by atoms with Gasteiger partial charge in [-0.15, -0.1) is 5.10 Å². The lowest BCUT2D eigenvalue weighted by Crippen LogP contribution is -2.14. The highest BCUT2D eigenvalue weighted by atomic mass is 16.5. The van der Waals surface area contributed by atoms with E-state index in [4.69, 9.17) is 4.74 Å². The van der Waals surface area contributed by atoms with Crippen molar-refractivity contribution in [3.8, 4) is 5.88 Å². The number of hydrogen-bond donors (Lipinski definition) is 1. The maximum atomic E-state index is 11.2. The van der Waals surface area contributed by atoms with E-state index in [0.29, 0.717) is 23.8 Å². The fourth-order valence-electron chi connectivity index (χ4n) is 1.74. The summed E-state index contributed by atoms with van der Waals surface area (Å²) in [6.07, 6.45) is 2.12. The first-order valence-corrected chi connectivity index (χ1v) is 6.17. The molecule has 1 rings (SSSR count). The highest BCUT2D eigenvalue weighted by Gasteiger charge is 2.19. The summed E-state index contributed by atoms with van der Waals surface area (Å²) in [4.78, 5) is 11.2. The molecule has 1 heterocycles. The second-order valence-corrected chi connectivity index (χ2v) is 4.60. The van der Waals surface area contributed by atoms with Crippen LogP contribution in [-0.4, -0.2) is 27.9 Å². The van der Waals surface area contributed by atoms with Crippen molar-refractivity contribution in [1.29, 1.82) is 0 Å². The fourth-order valence-corrected chi connectivity index (χ4v) is 1.74. The highest BCUT2D eigenvalue weighted by Crippen LogP contribution is 2.21. The quantitative estimate of drug-likeness (QED) is 0.842. The van der Waals surface area contributed by atoms with Crippen LogP contribution in [0, 0.1) is 19.8 Å². The number of carboxylic acids is 1. The Morgan fingerprint density at radius 1 is 1.39 bits per heavy atom. The molecule has 0 fully saturated rings. The molecular weight excluding hydrogens is 232 g/mol. The lowest BCUT2D eigenvalue weighted by molar-refractivity contribution is 0.0688. The zero-order chi connectivity index (χ0) is 13.7. The van der Waals surface area contributed by atoms with Gasteiger partial charge in [0.1, 0.15) is 5.56 Å². The van der Waals surface area contributed by atoms with E-state index in [9.17, 15) is 9.90 Å². The van der Waals surface area contributed by atoms with Crippen molar-refractivity contribution in [2.24, 2.45) is 5.92 Å². The molecule has 1 aromatic heterocycles. The second-order valence-electron chi connectivity index (χ2n) is 4.60. The largest absolute Gasteiger partial charge is 0.477 e. The Labute approximate surface area is 107 Å². The van der Waals surface area contributed by atoms with Crippen molar-refractivity contribution >= 4 is 5.97 Å². The van der Waals surface area contributed by atoms with E-state index in [1.807, 2.05) is 0 Å². The third kappa shape index (κ3) is 3.42. The first-order valence-electron chi connectivity index (χ1n) is 6.17. The molecule has 5 heteroatoms. The van der Waals surface area contributed by atoms with Crippen LogP contribution in [0.2, 0.25) is 0 Å². The van der Waals surface area contributed by atoms with Crippen molar-refractivity contribution in [3.05, 3.63) is 16.8 Å². The molecule has 1 N–H and O–H groups in total. The molecule has 0 aromatic carbocycles. The van der Waals surface area contributed by atoms with Gasteiger partial charge in [0, 0.05) is 0 Å². The summed E-state index contributed by atoms with van der Waals surface area (Å²) in [6, 6.07) is 0. The molecule has 1 unspecified atom stereocenters. The number of hydrogen-bond acceptors (Lipinski definition) is 4. The van der Waals surface area contributed by atoms with E-state index in [-0.39, 0.29) is 11.4 Å². The summed E-state index contributed by atoms with van der Waals surface area (Å²) in [6.45, 7) is 8.09. The number of aromatic nitrogens is 2. The zero-order valence-corrected chi connectivity index (χ0v) is 11.4. The van der Waals surface area contributed by atoms with Crippen molar-refractivity contribution in [1.82, 2.24) is 10.2 Å². The van der Waals surface area contributed by atoms with E-state index in [1.54, 1.807) is 13.8 Å². The number of aromatic carboxylic acids is 1. The minimum absolute atomic E-state index is 0.117. The third-order valence-electron chi connectivity index (χ3n) is 2.92. The van der Waals surface area contributed by atoms with E-state index in [0.717, 1.165) is 12.8 Å². The standard InChI is InChI=1S/C13H20N2O3/c1-5-6-8(2)7-18-12-11(13(16)17)9(3)10(4)14-15-12/h8H,5-7H2,1-4H3,(H,16,17). The number of rotatable bonds is 6. The van der Waals surface area contributed by atoms with Crippen LogP contribution < -0.4 is 4.74 Å². The Morgan fingerprint density at radius 2 is 2.06 bits per heavy atom. The van der Waals surface area contributed by atoms with Gasteiger partial charge in [0.2, 0.25) is 5.88 Å². The minimum atomic E-state index is -1.02. The lowest BCUT2D eigenvalue weighted by atomic mass is 10.1. The summed E-state index contributed by atoms with van der Waals surface area (Å²) in [5, 5.41) is 16.9. The van der Waals surface area contributed by atoms with Gasteiger partial charge >= 0.3 is 5.97 Å². The number of nitrogens with zero attached hydrogens (tertiary/aromatic N) is 2. The molecule has 0 amide bonds. The molecule has 1 aromatic rings. The number of carbonyl (C=O) groups is 1. The monoisotopic (exact) mass is 252 g/mol. The van der Waals surface area contributed by atoms with Crippen molar-refractivity contribution < 1.29 is 14.6 Å². The number of carboxylic acid groups (broad SMARTS) is 1. The molecule has 0 saturated heterocycles. The first-order chi connectivity index (χ1) is 8.47. The topological polar surface area (TPSA) is 72.3 Å². The molecule has 100 valence electrons. The molecule has 0 radical (unpaired) electrons. The molecule has 1 atom stereocenters. The average Bonchev–Trinajstić information content (AvgIpc) is 2.30. The molecule has 5 nitrogen and oxygen atoms in total. The highest BCUT2D eigenvalue weighted by molar-refractivity contribution is 5.91. The molecule has 0 aliphatic carbocycles. The van der Waals surface area contributed by atoms with Crippen LogP contribution in [0.4, 0.5) is 0 Å². The van der Waals surface area contributed by atoms with Gasteiger partial charge in [-0.3, -0.25) is 0 Å². The lowest BCUT2D eigenvalue weighted by Gasteiger charge is -2.14. The normalized spacial score (nSPS) is 12.2. The number of aryl methyl sites for hydroxylation is 1. The molecule has 0 aliphatic heterocycles. The number of ether oxygens (including phenoxy) is 1. The SMILES string of the molecule is CCCC(C)COc1nnc(C)c(C)c1C(=O)O. The van der Waals surface area contributed by atoms with E-state index in [1.165, 1.54) is 0 Å². The predicted molar refractivity (Wildman–Crippen MR) is 68.0 cm³/mol. The van der Waals surface area contributed by atoms with Crippen LogP contribution in [-0.2, 0) is 0 Å². The molecule has 18 heavy (non-hydrogen) atoms. The summed E-state index contributed by atoms with van der Waals surface area (Å²) >= 11 is 0. The van der Waals surface area contributed by atoms with Gasteiger partial charge in [-0.25, -0.2) is 4.79 Å².